The molecular weight excluding hydrogens is 398 g/mol. The Morgan fingerprint density at radius 2 is 1.71 bits per heavy atom. The zero-order valence-electron chi connectivity index (χ0n) is 18.1. The summed E-state index contributed by atoms with van der Waals surface area (Å²) >= 11 is 0. The van der Waals surface area contributed by atoms with Crippen molar-refractivity contribution in [3.8, 4) is 5.75 Å². The summed E-state index contributed by atoms with van der Waals surface area (Å²) < 4.78 is 11.7. The van der Waals surface area contributed by atoms with Crippen LogP contribution in [0.3, 0.4) is 0 Å². The lowest BCUT2D eigenvalue weighted by atomic mass is 9.97. The van der Waals surface area contributed by atoms with Gasteiger partial charge in [-0.3, -0.25) is 19.8 Å². The normalized spacial score (nSPS) is 21.2. The molecule has 3 fully saturated rings. The van der Waals surface area contributed by atoms with Gasteiger partial charge in [0.05, 0.1) is 25.0 Å². The minimum Gasteiger partial charge on any atom is -0.495 e. The first-order valence-corrected chi connectivity index (χ1v) is 11.3. The van der Waals surface area contributed by atoms with Gasteiger partial charge in [0.25, 0.3) is 5.91 Å². The number of carbonyl (C=O) groups excluding carboxylic acids is 3. The number of nitrogens with zero attached hydrogens (tertiary/aromatic N) is 2. The van der Waals surface area contributed by atoms with Gasteiger partial charge >= 0.3 is 6.03 Å². The largest absolute Gasteiger partial charge is 0.495 e. The highest BCUT2D eigenvalue weighted by molar-refractivity contribution is 6.07. The number of carbonyl (C=O) groups is 3. The summed E-state index contributed by atoms with van der Waals surface area (Å²) in [5.41, 5.74) is 1.00. The summed E-state index contributed by atoms with van der Waals surface area (Å²) in [6.07, 6.45) is 8.65. The number of piperidine rings is 1. The fourth-order valence-electron chi connectivity index (χ4n) is 4.68. The molecular formula is C23H31N3O5. The molecule has 0 bridgehead atoms. The van der Waals surface area contributed by atoms with Crippen LogP contribution in [-0.4, -0.2) is 61.7 Å². The van der Waals surface area contributed by atoms with E-state index in [0.29, 0.717) is 36.2 Å². The van der Waals surface area contributed by atoms with E-state index in [9.17, 15) is 14.4 Å². The fourth-order valence-corrected chi connectivity index (χ4v) is 4.68. The summed E-state index contributed by atoms with van der Waals surface area (Å²) in [4.78, 5) is 40.2. The first-order valence-electron chi connectivity index (χ1n) is 11.3. The Bertz CT molecular complexity index is 829. The number of likely N-dealkylation sites (tertiary alicyclic amines) is 1. The maximum Gasteiger partial charge on any atom is 0.328 e. The molecule has 168 valence electrons. The maximum atomic E-state index is 13.1. The molecule has 3 aliphatic rings. The molecule has 1 saturated carbocycles. The van der Waals surface area contributed by atoms with Gasteiger partial charge < -0.3 is 14.4 Å². The third-order valence-electron chi connectivity index (χ3n) is 6.44. The molecule has 0 aromatic heterocycles. The number of imide groups is 1. The minimum absolute atomic E-state index is 0.0616. The van der Waals surface area contributed by atoms with Crippen molar-refractivity contribution in [3.63, 3.8) is 0 Å². The Kier molecular flexibility index (Phi) is 6.75. The molecule has 2 saturated heterocycles. The van der Waals surface area contributed by atoms with Crippen molar-refractivity contribution in [1.29, 1.82) is 0 Å². The van der Waals surface area contributed by atoms with E-state index < -0.39 is 6.03 Å². The number of rotatable bonds is 5. The molecule has 8 heteroatoms. The molecule has 2 aliphatic heterocycles. The quantitative estimate of drug-likeness (QED) is 0.777. The molecule has 4 rings (SSSR count). The molecule has 0 radical (unpaired) electrons. The van der Waals surface area contributed by atoms with Gasteiger partial charge in [-0.15, -0.1) is 0 Å². The van der Waals surface area contributed by atoms with Crippen molar-refractivity contribution in [2.24, 2.45) is 0 Å². The summed E-state index contributed by atoms with van der Waals surface area (Å²) in [6, 6.07) is 4.61. The SMILES string of the molecule is COc1ccc(C(=O)N2CCC(OC3CCCCC3)CC2)cc1N1CCC(=O)NC1=O. The number of amides is 4. The second-order valence-corrected chi connectivity index (χ2v) is 8.53. The highest BCUT2D eigenvalue weighted by Crippen LogP contribution is 2.32. The molecule has 31 heavy (non-hydrogen) atoms. The predicted octanol–water partition coefficient (Wildman–Crippen LogP) is 3.10. The van der Waals surface area contributed by atoms with Crippen molar-refractivity contribution >= 4 is 23.5 Å². The third-order valence-corrected chi connectivity index (χ3v) is 6.44. The van der Waals surface area contributed by atoms with Crippen LogP contribution in [0.2, 0.25) is 0 Å². The van der Waals surface area contributed by atoms with Crippen LogP contribution in [0.5, 0.6) is 5.75 Å². The number of hydrogen-bond donors (Lipinski definition) is 1. The van der Waals surface area contributed by atoms with E-state index in [0.717, 1.165) is 25.7 Å². The Balaban J connectivity index is 1.40. The van der Waals surface area contributed by atoms with Gasteiger partial charge in [0.15, 0.2) is 0 Å². The lowest BCUT2D eigenvalue weighted by Crippen LogP contribution is -2.49. The standard InChI is InChI=1S/C23H31N3O5/c1-30-20-8-7-16(15-19(20)26-14-11-21(27)24-23(26)29)22(28)25-12-9-18(10-13-25)31-17-5-3-2-4-6-17/h7-8,15,17-18H,2-6,9-14H2,1H3,(H,24,27,29). The van der Waals surface area contributed by atoms with Gasteiger partial charge in [-0.05, 0) is 43.9 Å². The molecule has 0 unspecified atom stereocenters. The van der Waals surface area contributed by atoms with Crippen molar-refractivity contribution in [2.75, 3.05) is 31.6 Å². The van der Waals surface area contributed by atoms with E-state index in [4.69, 9.17) is 9.47 Å². The number of hydrogen-bond acceptors (Lipinski definition) is 5. The Morgan fingerprint density at radius 3 is 2.39 bits per heavy atom. The summed E-state index contributed by atoms with van der Waals surface area (Å²) in [6.45, 7) is 1.58. The highest BCUT2D eigenvalue weighted by Gasteiger charge is 2.30. The second-order valence-electron chi connectivity index (χ2n) is 8.53. The highest BCUT2D eigenvalue weighted by atomic mass is 16.5. The van der Waals surface area contributed by atoms with Crippen molar-refractivity contribution < 1.29 is 23.9 Å². The van der Waals surface area contributed by atoms with Crippen LogP contribution in [0.4, 0.5) is 10.5 Å². The number of benzene rings is 1. The van der Waals surface area contributed by atoms with Crippen LogP contribution in [0.15, 0.2) is 18.2 Å². The van der Waals surface area contributed by atoms with E-state index in [-0.39, 0.29) is 30.9 Å². The van der Waals surface area contributed by atoms with E-state index in [1.807, 2.05) is 4.90 Å². The zero-order chi connectivity index (χ0) is 21.8. The molecule has 4 amide bonds. The number of nitrogens with one attached hydrogen (secondary N) is 1. The van der Waals surface area contributed by atoms with Crippen LogP contribution in [0.1, 0.15) is 61.7 Å². The van der Waals surface area contributed by atoms with Crippen LogP contribution in [0.25, 0.3) is 0 Å². The van der Waals surface area contributed by atoms with E-state index in [1.165, 1.54) is 31.3 Å². The summed E-state index contributed by atoms with van der Waals surface area (Å²) in [7, 11) is 1.52. The van der Waals surface area contributed by atoms with Gasteiger partial charge in [0.2, 0.25) is 5.91 Å². The van der Waals surface area contributed by atoms with Gasteiger partial charge in [0.1, 0.15) is 5.75 Å². The number of methoxy groups -OCH3 is 1. The van der Waals surface area contributed by atoms with E-state index in [1.54, 1.807) is 18.2 Å². The first kappa shape index (κ1) is 21.6. The van der Waals surface area contributed by atoms with Crippen LogP contribution >= 0.6 is 0 Å². The number of ether oxygens (including phenoxy) is 2. The van der Waals surface area contributed by atoms with E-state index >= 15 is 0 Å². The molecule has 0 spiro atoms. The smallest absolute Gasteiger partial charge is 0.328 e. The number of urea groups is 1. The van der Waals surface area contributed by atoms with Crippen LogP contribution < -0.4 is 15.0 Å². The van der Waals surface area contributed by atoms with Crippen molar-refractivity contribution in [2.45, 2.75) is 63.6 Å². The summed E-state index contributed by atoms with van der Waals surface area (Å²) in [5.74, 6) is 0.125. The zero-order valence-corrected chi connectivity index (χ0v) is 18.1. The fraction of sp³-hybridized carbons (Fsp3) is 0.609. The molecule has 1 N–H and O–H groups in total. The van der Waals surface area contributed by atoms with Gasteiger partial charge in [-0.2, -0.15) is 0 Å². The monoisotopic (exact) mass is 429 g/mol. The van der Waals surface area contributed by atoms with Gasteiger partial charge in [-0.1, -0.05) is 19.3 Å². The average Bonchev–Trinajstić information content (AvgIpc) is 2.79. The van der Waals surface area contributed by atoms with Gasteiger partial charge in [0, 0.05) is 31.6 Å². The Hall–Kier alpha value is -2.61. The van der Waals surface area contributed by atoms with Gasteiger partial charge in [-0.25, -0.2) is 4.79 Å². The lowest BCUT2D eigenvalue weighted by molar-refractivity contribution is -0.120. The second kappa shape index (κ2) is 9.68. The van der Waals surface area contributed by atoms with Crippen LogP contribution in [-0.2, 0) is 9.53 Å². The van der Waals surface area contributed by atoms with Crippen LogP contribution in [0, 0.1) is 0 Å². The Morgan fingerprint density at radius 1 is 1.00 bits per heavy atom. The maximum absolute atomic E-state index is 13.1. The third kappa shape index (κ3) is 5.01. The topological polar surface area (TPSA) is 88.2 Å². The molecule has 8 nitrogen and oxygen atoms in total. The lowest BCUT2D eigenvalue weighted by Gasteiger charge is -2.35. The van der Waals surface area contributed by atoms with E-state index in [2.05, 4.69) is 5.32 Å². The Labute approximate surface area is 182 Å². The average molecular weight is 430 g/mol. The molecule has 1 aliphatic carbocycles. The molecule has 1 aromatic carbocycles. The molecule has 0 atom stereocenters. The van der Waals surface area contributed by atoms with Crippen molar-refractivity contribution in [3.05, 3.63) is 23.8 Å². The van der Waals surface area contributed by atoms with Crippen molar-refractivity contribution in [1.82, 2.24) is 10.2 Å². The predicted molar refractivity (Wildman–Crippen MR) is 115 cm³/mol. The minimum atomic E-state index is -0.500. The molecule has 2 heterocycles. The summed E-state index contributed by atoms with van der Waals surface area (Å²) in [5, 5.41) is 2.31. The number of anilines is 1. The molecule has 1 aromatic rings. The first-order chi connectivity index (χ1) is 15.0.